The van der Waals surface area contributed by atoms with E-state index in [1.165, 1.54) is 18.4 Å². The van der Waals surface area contributed by atoms with Crippen LogP contribution in [-0.4, -0.2) is 38.6 Å². The predicted octanol–water partition coefficient (Wildman–Crippen LogP) is 1.31. The lowest BCUT2D eigenvalue weighted by Crippen LogP contribution is -2.37. The Morgan fingerprint density at radius 3 is 2.60 bits per heavy atom. The Labute approximate surface area is 121 Å². The number of rotatable bonds is 6. The summed E-state index contributed by atoms with van der Waals surface area (Å²) in [7, 11) is 0. The fourth-order valence-electron chi connectivity index (χ4n) is 2.46. The third-order valence-electron chi connectivity index (χ3n) is 3.79. The lowest BCUT2D eigenvalue weighted by molar-refractivity contribution is 0.0954. The molecule has 1 amide bonds. The van der Waals surface area contributed by atoms with Gasteiger partial charge in [0.1, 0.15) is 0 Å². The zero-order valence-electron chi connectivity index (χ0n) is 12.2. The number of carbonyl (C=O) groups excluding carboxylic acids is 1. The molecule has 3 N–H and O–H groups in total. The molecule has 1 fully saturated rings. The smallest absolute Gasteiger partial charge is 0.251 e. The van der Waals surface area contributed by atoms with E-state index in [1.807, 2.05) is 31.2 Å². The summed E-state index contributed by atoms with van der Waals surface area (Å²) in [4.78, 5) is 11.9. The highest BCUT2D eigenvalue weighted by atomic mass is 16.1. The second kappa shape index (κ2) is 8.02. The topological polar surface area (TPSA) is 53.2 Å². The van der Waals surface area contributed by atoms with Crippen LogP contribution < -0.4 is 16.0 Å². The average Bonchev–Trinajstić information content (AvgIpc) is 2.48. The first-order valence-corrected chi connectivity index (χ1v) is 7.52. The molecular formula is C16H25N3O. The summed E-state index contributed by atoms with van der Waals surface area (Å²) >= 11 is 0. The minimum atomic E-state index is 0.00802. The van der Waals surface area contributed by atoms with Gasteiger partial charge in [0.25, 0.3) is 5.91 Å². The van der Waals surface area contributed by atoms with Gasteiger partial charge in [-0.1, -0.05) is 17.7 Å². The van der Waals surface area contributed by atoms with Crippen LogP contribution in [0.1, 0.15) is 28.8 Å². The molecule has 1 saturated heterocycles. The fourth-order valence-corrected chi connectivity index (χ4v) is 2.46. The lowest BCUT2D eigenvalue weighted by Gasteiger charge is -2.22. The highest BCUT2D eigenvalue weighted by molar-refractivity contribution is 5.94. The van der Waals surface area contributed by atoms with Gasteiger partial charge in [-0.2, -0.15) is 0 Å². The highest BCUT2D eigenvalue weighted by Gasteiger charge is 2.11. The molecule has 2 rings (SSSR count). The first-order chi connectivity index (χ1) is 9.75. The van der Waals surface area contributed by atoms with Gasteiger partial charge in [0.2, 0.25) is 0 Å². The third kappa shape index (κ3) is 4.94. The Kier molecular flexibility index (Phi) is 6.02. The van der Waals surface area contributed by atoms with Crippen LogP contribution in [0.15, 0.2) is 24.3 Å². The van der Waals surface area contributed by atoms with E-state index in [1.54, 1.807) is 0 Å². The fraction of sp³-hybridized carbons (Fsp3) is 0.562. The molecule has 0 atom stereocenters. The van der Waals surface area contributed by atoms with Crippen molar-refractivity contribution in [2.75, 3.05) is 32.7 Å². The number of piperidine rings is 1. The van der Waals surface area contributed by atoms with Crippen molar-refractivity contribution in [2.24, 2.45) is 5.92 Å². The molecular weight excluding hydrogens is 250 g/mol. The molecule has 0 bridgehead atoms. The largest absolute Gasteiger partial charge is 0.351 e. The molecule has 1 heterocycles. The molecule has 4 heteroatoms. The van der Waals surface area contributed by atoms with Gasteiger partial charge in [0, 0.05) is 18.7 Å². The number of carbonyl (C=O) groups is 1. The van der Waals surface area contributed by atoms with E-state index in [2.05, 4.69) is 16.0 Å². The maximum atomic E-state index is 11.9. The lowest BCUT2D eigenvalue weighted by atomic mass is 9.98. The molecule has 1 aromatic carbocycles. The minimum Gasteiger partial charge on any atom is -0.351 e. The Hall–Kier alpha value is -1.39. The number of hydrogen-bond donors (Lipinski definition) is 3. The van der Waals surface area contributed by atoms with Crippen molar-refractivity contribution in [3.8, 4) is 0 Å². The van der Waals surface area contributed by atoms with Crippen LogP contribution in [0.3, 0.4) is 0 Å². The van der Waals surface area contributed by atoms with Gasteiger partial charge in [-0.05, 0) is 57.5 Å². The molecule has 110 valence electrons. The number of nitrogens with one attached hydrogen (secondary N) is 3. The third-order valence-corrected chi connectivity index (χ3v) is 3.79. The van der Waals surface area contributed by atoms with Crippen LogP contribution in [0, 0.1) is 12.8 Å². The van der Waals surface area contributed by atoms with Gasteiger partial charge in [0.15, 0.2) is 0 Å². The second-order valence-electron chi connectivity index (χ2n) is 5.52. The van der Waals surface area contributed by atoms with Gasteiger partial charge < -0.3 is 16.0 Å². The van der Waals surface area contributed by atoms with E-state index in [-0.39, 0.29) is 5.91 Å². The van der Waals surface area contributed by atoms with Gasteiger partial charge in [-0.3, -0.25) is 4.79 Å². The molecule has 0 saturated carbocycles. The molecule has 1 aliphatic heterocycles. The minimum absolute atomic E-state index is 0.00802. The van der Waals surface area contributed by atoms with E-state index in [0.717, 1.165) is 37.7 Å². The van der Waals surface area contributed by atoms with Crippen molar-refractivity contribution in [3.63, 3.8) is 0 Å². The average molecular weight is 275 g/mol. The maximum absolute atomic E-state index is 11.9. The number of hydrogen-bond acceptors (Lipinski definition) is 3. The highest BCUT2D eigenvalue weighted by Crippen LogP contribution is 2.09. The first kappa shape index (κ1) is 15.0. The SMILES string of the molecule is Cc1ccc(C(=O)NCCNCC2CCNCC2)cc1. The summed E-state index contributed by atoms with van der Waals surface area (Å²) in [6.45, 7) is 6.86. The number of benzene rings is 1. The Balaban J connectivity index is 1.58. The molecule has 0 spiro atoms. The molecule has 0 aromatic heterocycles. The summed E-state index contributed by atoms with van der Waals surface area (Å²) < 4.78 is 0. The summed E-state index contributed by atoms with van der Waals surface area (Å²) in [6, 6.07) is 7.66. The second-order valence-corrected chi connectivity index (χ2v) is 5.52. The van der Waals surface area contributed by atoms with Crippen molar-refractivity contribution >= 4 is 5.91 Å². The van der Waals surface area contributed by atoms with Crippen LogP contribution in [0.2, 0.25) is 0 Å². The van der Waals surface area contributed by atoms with E-state index in [4.69, 9.17) is 0 Å². The van der Waals surface area contributed by atoms with E-state index in [0.29, 0.717) is 6.54 Å². The molecule has 20 heavy (non-hydrogen) atoms. The normalized spacial score (nSPS) is 16.1. The Morgan fingerprint density at radius 1 is 1.20 bits per heavy atom. The number of amides is 1. The molecule has 0 unspecified atom stereocenters. The van der Waals surface area contributed by atoms with Crippen molar-refractivity contribution in [2.45, 2.75) is 19.8 Å². The Bertz CT molecular complexity index is 410. The van der Waals surface area contributed by atoms with Gasteiger partial charge >= 0.3 is 0 Å². The molecule has 0 radical (unpaired) electrons. The number of aryl methyl sites for hydroxylation is 1. The first-order valence-electron chi connectivity index (χ1n) is 7.52. The Morgan fingerprint density at radius 2 is 1.90 bits per heavy atom. The summed E-state index contributed by atoms with van der Waals surface area (Å²) in [6.07, 6.45) is 2.51. The quantitative estimate of drug-likeness (QED) is 0.686. The van der Waals surface area contributed by atoms with Crippen molar-refractivity contribution in [1.29, 1.82) is 0 Å². The monoisotopic (exact) mass is 275 g/mol. The molecule has 1 aliphatic rings. The van der Waals surface area contributed by atoms with E-state index in [9.17, 15) is 4.79 Å². The van der Waals surface area contributed by atoms with Crippen LogP contribution in [-0.2, 0) is 0 Å². The molecule has 1 aromatic rings. The van der Waals surface area contributed by atoms with Crippen LogP contribution in [0.5, 0.6) is 0 Å². The van der Waals surface area contributed by atoms with Gasteiger partial charge in [-0.15, -0.1) is 0 Å². The predicted molar refractivity (Wildman–Crippen MR) is 82.0 cm³/mol. The molecule has 4 nitrogen and oxygen atoms in total. The maximum Gasteiger partial charge on any atom is 0.251 e. The zero-order chi connectivity index (χ0) is 14.2. The van der Waals surface area contributed by atoms with Crippen LogP contribution >= 0.6 is 0 Å². The van der Waals surface area contributed by atoms with Crippen LogP contribution in [0.25, 0.3) is 0 Å². The van der Waals surface area contributed by atoms with Gasteiger partial charge in [-0.25, -0.2) is 0 Å². The van der Waals surface area contributed by atoms with E-state index >= 15 is 0 Å². The van der Waals surface area contributed by atoms with Crippen LogP contribution in [0.4, 0.5) is 0 Å². The zero-order valence-corrected chi connectivity index (χ0v) is 12.2. The van der Waals surface area contributed by atoms with Crippen molar-refractivity contribution < 1.29 is 4.79 Å². The molecule has 0 aliphatic carbocycles. The summed E-state index contributed by atoms with van der Waals surface area (Å²) in [5, 5.41) is 9.74. The standard InChI is InChI=1S/C16H25N3O/c1-13-2-4-15(5-3-13)16(20)19-11-10-18-12-14-6-8-17-9-7-14/h2-5,14,17-18H,6-12H2,1H3,(H,19,20). The van der Waals surface area contributed by atoms with Crippen molar-refractivity contribution in [3.05, 3.63) is 35.4 Å². The van der Waals surface area contributed by atoms with Crippen molar-refractivity contribution in [1.82, 2.24) is 16.0 Å². The summed E-state index contributed by atoms with van der Waals surface area (Å²) in [5.41, 5.74) is 1.90. The van der Waals surface area contributed by atoms with Gasteiger partial charge in [0.05, 0.1) is 0 Å². The summed E-state index contributed by atoms with van der Waals surface area (Å²) in [5.74, 6) is 0.790. The van der Waals surface area contributed by atoms with E-state index < -0.39 is 0 Å².